The fourth-order valence-corrected chi connectivity index (χ4v) is 2.62. The van der Waals surface area contributed by atoms with Crippen molar-refractivity contribution in [3.8, 4) is 0 Å². The van der Waals surface area contributed by atoms with Gasteiger partial charge in [0.15, 0.2) is 0 Å². The van der Waals surface area contributed by atoms with Crippen molar-refractivity contribution in [2.45, 2.75) is 52.3 Å². The molecule has 5 heteroatoms. The molecule has 106 valence electrons. The van der Waals surface area contributed by atoms with Gasteiger partial charge >= 0.3 is 0 Å². The van der Waals surface area contributed by atoms with Gasteiger partial charge in [-0.25, -0.2) is 0 Å². The molecule has 1 N–H and O–H groups in total. The molecule has 0 unspecified atom stereocenters. The van der Waals surface area contributed by atoms with E-state index < -0.39 is 0 Å². The molecule has 1 fully saturated rings. The first-order chi connectivity index (χ1) is 8.84. The summed E-state index contributed by atoms with van der Waals surface area (Å²) in [5.41, 5.74) is 0.375. The minimum absolute atomic E-state index is 0.0593. The van der Waals surface area contributed by atoms with E-state index in [1.54, 1.807) is 24.2 Å². The lowest BCUT2D eigenvalue weighted by atomic mass is 9.56. The minimum Gasteiger partial charge on any atom is -0.378 e. The van der Waals surface area contributed by atoms with Crippen LogP contribution in [0.4, 0.5) is 0 Å². The van der Waals surface area contributed by atoms with Gasteiger partial charge in [0.2, 0.25) is 0 Å². The molecule has 0 radical (unpaired) electrons. The molecule has 0 spiro atoms. The Balaban J connectivity index is 2.01. The number of carbonyl (C=O) groups is 1. The lowest BCUT2D eigenvalue weighted by molar-refractivity contribution is -0.177. The Labute approximate surface area is 114 Å². The van der Waals surface area contributed by atoms with Crippen LogP contribution in [0.3, 0.4) is 0 Å². The van der Waals surface area contributed by atoms with Crippen LogP contribution < -0.4 is 5.32 Å². The Morgan fingerprint density at radius 1 is 1.58 bits per heavy atom. The molecule has 1 aromatic heterocycles. The highest BCUT2D eigenvalue weighted by Crippen LogP contribution is 2.51. The van der Waals surface area contributed by atoms with E-state index in [4.69, 9.17) is 4.74 Å². The second-order valence-electron chi connectivity index (χ2n) is 5.97. The first-order valence-electron chi connectivity index (χ1n) is 6.72. The van der Waals surface area contributed by atoms with E-state index in [0.29, 0.717) is 5.56 Å². The largest absolute Gasteiger partial charge is 0.378 e. The smallest absolute Gasteiger partial charge is 0.254 e. The number of rotatable bonds is 4. The summed E-state index contributed by atoms with van der Waals surface area (Å²) in [6, 6.07) is 0.134. The maximum absolute atomic E-state index is 12.2. The Morgan fingerprint density at radius 3 is 2.74 bits per heavy atom. The fraction of sp³-hybridized carbons (Fsp3) is 0.714. The number of nitrogens with zero attached hydrogens (tertiary/aromatic N) is 2. The van der Waals surface area contributed by atoms with Crippen LogP contribution in [0.2, 0.25) is 0 Å². The van der Waals surface area contributed by atoms with Crippen molar-refractivity contribution in [1.82, 2.24) is 15.1 Å². The van der Waals surface area contributed by atoms with Gasteiger partial charge in [-0.05, 0) is 20.3 Å². The van der Waals surface area contributed by atoms with Gasteiger partial charge in [0, 0.05) is 31.3 Å². The first-order valence-corrected chi connectivity index (χ1v) is 6.72. The number of hydrogen-bond donors (Lipinski definition) is 1. The third-order valence-corrected chi connectivity index (χ3v) is 4.80. The van der Waals surface area contributed by atoms with Crippen LogP contribution in [0.25, 0.3) is 0 Å². The highest BCUT2D eigenvalue weighted by Gasteiger charge is 2.58. The van der Waals surface area contributed by atoms with E-state index >= 15 is 0 Å². The molecular weight excluding hydrogens is 242 g/mol. The third-order valence-electron chi connectivity index (χ3n) is 4.80. The van der Waals surface area contributed by atoms with Gasteiger partial charge in [-0.2, -0.15) is 5.10 Å². The van der Waals surface area contributed by atoms with Gasteiger partial charge in [-0.3, -0.25) is 9.48 Å². The molecule has 0 saturated heterocycles. The number of hydrogen-bond acceptors (Lipinski definition) is 3. The van der Waals surface area contributed by atoms with Crippen LogP contribution in [-0.4, -0.2) is 34.4 Å². The molecule has 0 bridgehead atoms. The molecule has 1 heterocycles. The van der Waals surface area contributed by atoms with Crippen molar-refractivity contribution < 1.29 is 9.53 Å². The molecule has 2 rings (SSSR count). The summed E-state index contributed by atoms with van der Waals surface area (Å²) in [5, 5.41) is 7.20. The lowest BCUT2D eigenvalue weighted by Gasteiger charge is -2.59. The zero-order chi connectivity index (χ0) is 14.3. The summed E-state index contributed by atoms with van der Waals surface area (Å²) in [7, 11) is 1.73. The monoisotopic (exact) mass is 265 g/mol. The molecule has 1 saturated carbocycles. The van der Waals surface area contributed by atoms with E-state index in [1.807, 2.05) is 6.92 Å². The van der Waals surface area contributed by atoms with E-state index in [2.05, 4.69) is 31.2 Å². The van der Waals surface area contributed by atoms with Gasteiger partial charge < -0.3 is 10.1 Å². The predicted molar refractivity (Wildman–Crippen MR) is 73.0 cm³/mol. The maximum Gasteiger partial charge on any atom is 0.254 e. The summed E-state index contributed by atoms with van der Waals surface area (Å²) in [4.78, 5) is 12.2. The number of ether oxygens (including phenoxy) is 1. The van der Waals surface area contributed by atoms with Crippen LogP contribution in [0.15, 0.2) is 12.4 Å². The van der Waals surface area contributed by atoms with E-state index in [1.165, 1.54) is 0 Å². The van der Waals surface area contributed by atoms with Crippen molar-refractivity contribution in [3.63, 3.8) is 0 Å². The zero-order valence-electron chi connectivity index (χ0n) is 12.4. The van der Waals surface area contributed by atoms with Crippen LogP contribution in [-0.2, 0) is 11.3 Å². The summed E-state index contributed by atoms with van der Waals surface area (Å²) < 4.78 is 7.31. The van der Waals surface area contributed by atoms with Crippen LogP contribution in [0.1, 0.15) is 44.5 Å². The molecule has 19 heavy (non-hydrogen) atoms. The SMILES string of the molecule is CCn1cc(C(=O)N[C@H]2C[C@](C)(OC)C2(C)C)cn1. The Morgan fingerprint density at radius 2 is 2.26 bits per heavy atom. The minimum atomic E-state index is -0.168. The summed E-state index contributed by atoms with van der Waals surface area (Å²) in [6.07, 6.45) is 4.22. The van der Waals surface area contributed by atoms with E-state index in [0.717, 1.165) is 13.0 Å². The van der Waals surface area contributed by atoms with E-state index in [-0.39, 0.29) is 23.0 Å². The quantitative estimate of drug-likeness (QED) is 0.903. The summed E-state index contributed by atoms with van der Waals surface area (Å²) in [6.45, 7) is 9.10. The number of carbonyl (C=O) groups excluding carboxylic acids is 1. The molecular formula is C14H23N3O2. The number of aromatic nitrogens is 2. The molecule has 1 aromatic rings. The predicted octanol–water partition coefficient (Wildman–Crippen LogP) is 1.84. The lowest BCUT2D eigenvalue weighted by Crippen LogP contribution is -2.68. The van der Waals surface area contributed by atoms with Gasteiger partial charge in [-0.15, -0.1) is 0 Å². The van der Waals surface area contributed by atoms with Crippen molar-refractivity contribution in [3.05, 3.63) is 18.0 Å². The van der Waals surface area contributed by atoms with Crippen molar-refractivity contribution in [2.24, 2.45) is 5.41 Å². The average Bonchev–Trinajstić information content (AvgIpc) is 2.86. The van der Waals surface area contributed by atoms with Crippen LogP contribution in [0, 0.1) is 5.41 Å². The summed E-state index contributed by atoms with van der Waals surface area (Å²) >= 11 is 0. The third kappa shape index (κ3) is 2.16. The normalized spacial score (nSPS) is 28.8. The number of methoxy groups -OCH3 is 1. The van der Waals surface area contributed by atoms with Crippen LogP contribution in [0.5, 0.6) is 0 Å². The van der Waals surface area contributed by atoms with Gasteiger partial charge in [0.05, 0.1) is 17.4 Å². The zero-order valence-corrected chi connectivity index (χ0v) is 12.4. The molecule has 0 aromatic carbocycles. The molecule has 2 atom stereocenters. The fourth-order valence-electron chi connectivity index (χ4n) is 2.62. The van der Waals surface area contributed by atoms with E-state index in [9.17, 15) is 4.79 Å². The molecule has 0 aliphatic heterocycles. The molecule has 1 amide bonds. The average molecular weight is 265 g/mol. The van der Waals surface area contributed by atoms with Crippen molar-refractivity contribution in [2.75, 3.05) is 7.11 Å². The Bertz CT molecular complexity index is 481. The maximum atomic E-state index is 12.2. The highest BCUT2D eigenvalue weighted by molar-refractivity contribution is 5.94. The second kappa shape index (κ2) is 4.63. The topological polar surface area (TPSA) is 56.2 Å². The first kappa shape index (κ1) is 14.1. The summed E-state index contributed by atoms with van der Waals surface area (Å²) in [5.74, 6) is -0.0593. The Hall–Kier alpha value is -1.36. The number of amides is 1. The number of nitrogens with one attached hydrogen (secondary N) is 1. The van der Waals surface area contributed by atoms with Gasteiger partial charge in [0.25, 0.3) is 5.91 Å². The molecule has 5 nitrogen and oxygen atoms in total. The second-order valence-corrected chi connectivity index (χ2v) is 5.97. The van der Waals surface area contributed by atoms with Crippen molar-refractivity contribution in [1.29, 1.82) is 0 Å². The molecule has 1 aliphatic carbocycles. The highest BCUT2D eigenvalue weighted by atomic mass is 16.5. The Kier molecular flexibility index (Phi) is 3.43. The number of aryl methyl sites for hydroxylation is 1. The van der Waals surface area contributed by atoms with Gasteiger partial charge in [0.1, 0.15) is 0 Å². The van der Waals surface area contributed by atoms with Crippen molar-refractivity contribution >= 4 is 5.91 Å². The molecule has 1 aliphatic rings. The van der Waals surface area contributed by atoms with Gasteiger partial charge in [-0.1, -0.05) is 13.8 Å². The standard InChI is InChI=1S/C14H23N3O2/c1-6-17-9-10(8-15-17)12(18)16-11-7-14(4,19-5)13(11,2)3/h8-9,11H,6-7H2,1-5H3,(H,16,18)/t11-,14-/m0/s1. The van der Waals surface area contributed by atoms with Crippen LogP contribution >= 0.6 is 0 Å².